The predicted molar refractivity (Wildman–Crippen MR) is 219 cm³/mol. The van der Waals surface area contributed by atoms with Gasteiger partial charge in [-0.15, -0.1) is 11.8 Å². The molecule has 8 heterocycles. The Kier molecular flexibility index (Phi) is 9.41. The zero-order valence-electron chi connectivity index (χ0n) is 34.6. The number of esters is 2. The van der Waals surface area contributed by atoms with Crippen molar-refractivity contribution in [1.82, 2.24) is 20.1 Å². The number of likely N-dealkylation sites (N-methyl/N-ethyl adjacent to an activating group) is 1. The van der Waals surface area contributed by atoms with Crippen molar-refractivity contribution in [2.24, 2.45) is 0 Å². The fourth-order valence-corrected chi connectivity index (χ4v) is 12.7. The Balaban J connectivity index is 1.24. The highest BCUT2D eigenvalue weighted by atomic mass is 32.2. The number of piperazine rings is 1. The van der Waals surface area contributed by atoms with E-state index in [1.54, 1.807) is 33.1 Å². The van der Waals surface area contributed by atoms with E-state index in [4.69, 9.17) is 37.9 Å². The number of thioether (sulfide) groups is 1. The smallest absolute Gasteiger partial charge is 0.333 e. The Morgan fingerprint density at radius 2 is 1.87 bits per heavy atom. The molecule has 2 saturated heterocycles. The van der Waals surface area contributed by atoms with Gasteiger partial charge in [0, 0.05) is 71.6 Å². The molecule has 0 amide bonds. The van der Waals surface area contributed by atoms with Crippen LogP contribution in [0.3, 0.4) is 0 Å². The quantitative estimate of drug-likeness (QED) is 0.151. The number of aromatic nitrogens is 1. The Labute approximate surface area is 351 Å². The van der Waals surface area contributed by atoms with Crippen molar-refractivity contribution in [3.8, 4) is 40.6 Å². The zero-order chi connectivity index (χ0) is 41.8. The average molecular weight is 838 g/mol. The molecular formula is C44H47N5O10S. The van der Waals surface area contributed by atoms with Crippen molar-refractivity contribution in [3.63, 3.8) is 0 Å². The van der Waals surface area contributed by atoms with Crippen molar-refractivity contribution in [2.45, 2.75) is 74.6 Å². The molecule has 15 nitrogen and oxygen atoms in total. The van der Waals surface area contributed by atoms with E-state index in [2.05, 4.69) is 39.3 Å². The van der Waals surface area contributed by atoms with Crippen LogP contribution in [-0.4, -0.2) is 106 Å². The van der Waals surface area contributed by atoms with Gasteiger partial charge in [0.25, 0.3) is 0 Å². The van der Waals surface area contributed by atoms with E-state index in [1.165, 1.54) is 6.92 Å². The number of carbonyl (C=O) groups is 2. The first-order valence-electron chi connectivity index (χ1n) is 20.1. The minimum Gasteiger partial charge on any atom is -0.497 e. The third kappa shape index (κ3) is 5.42. The summed E-state index contributed by atoms with van der Waals surface area (Å²) < 4.78 is 48.8. The number of aromatic amines is 1. The molecule has 60 heavy (non-hydrogen) atoms. The number of methoxy groups -OCH3 is 3. The van der Waals surface area contributed by atoms with E-state index in [0.29, 0.717) is 59.3 Å². The molecule has 7 aliphatic heterocycles. The van der Waals surface area contributed by atoms with Crippen LogP contribution in [0.15, 0.2) is 24.3 Å². The van der Waals surface area contributed by atoms with E-state index in [0.717, 1.165) is 50.2 Å². The predicted octanol–water partition coefficient (Wildman–Crippen LogP) is 5.04. The second-order valence-electron chi connectivity index (χ2n) is 16.3. The van der Waals surface area contributed by atoms with Crippen LogP contribution in [0.2, 0.25) is 0 Å². The Bertz CT molecular complexity index is 2520. The number of nitrogens with one attached hydrogen (secondary N) is 2. The van der Waals surface area contributed by atoms with Gasteiger partial charge >= 0.3 is 11.9 Å². The molecule has 0 unspecified atom stereocenters. The molecule has 11 rings (SSSR count). The zero-order valence-corrected chi connectivity index (χ0v) is 35.4. The van der Waals surface area contributed by atoms with Crippen molar-refractivity contribution in [1.29, 1.82) is 5.26 Å². The van der Waals surface area contributed by atoms with Gasteiger partial charge in [0.1, 0.15) is 24.1 Å². The Morgan fingerprint density at radius 1 is 1.05 bits per heavy atom. The van der Waals surface area contributed by atoms with Crippen LogP contribution in [-0.2, 0) is 37.4 Å². The number of aryl methyl sites for hydroxylation is 1. The van der Waals surface area contributed by atoms with E-state index in [9.17, 15) is 10.1 Å². The lowest BCUT2D eigenvalue weighted by atomic mass is 9.71. The van der Waals surface area contributed by atoms with Crippen molar-refractivity contribution in [2.75, 3.05) is 60.9 Å². The molecule has 0 radical (unpaired) electrons. The van der Waals surface area contributed by atoms with E-state index in [-0.39, 0.29) is 38.0 Å². The molecule has 2 N–H and O–H groups in total. The number of hydrogen-bond acceptors (Lipinski definition) is 15. The van der Waals surface area contributed by atoms with Crippen LogP contribution < -0.4 is 33.7 Å². The van der Waals surface area contributed by atoms with Gasteiger partial charge in [-0.2, -0.15) is 5.26 Å². The van der Waals surface area contributed by atoms with E-state index in [1.807, 2.05) is 32.0 Å². The van der Waals surface area contributed by atoms with Crippen LogP contribution in [0.5, 0.6) is 34.5 Å². The third-order valence-corrected chi connectivity index (χ3v) is 14.9. The fraction of sp³-hybridized carbons (Fsp3) is 0.477. The van der Waals surface area contributed by atoms with Gasteiger partial charge in [-0.3, -0.25) is 19.9 Å². The summed E-state index contributed by atoms with van der Waals surface area (Å²) in [6.45, 7) is 5.62. The lowest BCUT2D eigenvalue weighted by Gasteiger charge is -2.62. The lowest BCUT2D eigenvalue weighted by Crippen LogP contribution is -2.69. The maximum absolute atomic E-state index is 15.0. The standard InChI is InChI=1S/C44H47N5O10S/c1-20-12-23-13-28-29(15-45)49-30-16-55-43(51)44(42-25(10-11-46-44)26-14-24(53-6)8-9-27(26)47-42)17-60-41(33-32(30)40-38(57-19-58-40)21(2)37(33)59-22(3)50)35(49)34(48(28)4)31(23)39(36(20)54-7)56-18-52-5/h8-9,12,14,28-30,34-35,41,46-47H,10-11,13,16-19H2,1-7H3/t28-,29-,30-,34+,35+,41+,44+/m0/s1. The highest BCUT2D eigenvalue weighted by Gasteiger charge is 2.62. The SMILES string of the molecule is COCOc1c(OC)c(C)cc2c1[C@@H]1[C@@H]3[C@@H]4SC[C@]5(NCCc6c5[nH]c5ccc(OC)cc65)C(=O)OC[C@@H](c5c6c(c(C)c(OC(C)=O)c54)OCO6)N3[C@@H](C#N)[C@H](C2)N1C. The van der Waals surface area contributed by atoms with Crippen LogP contribution in [0.25, 0.3) is 10.9 Å². The number of carbonyl (C=O) groups excluding carboxylic acids is 2. The lowest BCUT2D eigenvalue weighted by molar-refractivity contribution is -0.157. The summed E-state index contributed by atoms with van der Waals surface area (Å²) in [7, 11) is 6.93. The monoisotopic (exact) mass is 837 g/mol. The number of ether oxygens (including phenoxy) is 8. The number of nitrogens with zero attached hydrogens (tertiary/aromatic N) is 3. The van der Waals surface area contributed by atoms with Crippen LogP contribution in [0, 0.1) is 25.2 Å². The second kappa shape index (κ2) is 14.5. The van der Waals surface area contributed by atoms with Crippen LogP contribution >= 0.6 is 11.8 Å². The number of H-pyrrole nitrogens is 1. The summed E-state index contributed by atoms with van der Waals surface area (Å²) in [5, 5.41) is 15.4. The molecule has 16 heteroatoms. The fourth-order valence-electron chi connectivity index (χ4n) is 11.0. The summed E-state index contributed by atoms with van der Waals surface area (Å²) in [5.41, 5.74) is 6.36. The molecule has 0 aliphatic carbocycles. The molecular weight excluding hydrogens is 791 g/mol. The molecule has 0 saturated carbocycles. The molecule has 1 aromatic heterocycles. The normalized spacial score (nSPS) is 27.6. The number of hydrogen-bond donors (Lipinski definition) is 2. The summed E-state index contributed by atoms with van der Waals surface area (Å²) in [6, 6.07) is 8.29. The molecule has 4 bridgehead atoms. The molecule has 7 atom stereocenters. The molecule has 314 valence electrons. The van der Waals surface area contributed by atoms with Crippen molar-refractivity contribution >= 4 is 34.6 Å². The van der Waals surface area contributed by atoms with Gasteiger partial charge in [0.2, 0.25) is 6.79 Å². The van der Waals surface area contributed by atoms with Gasteiger partial charge < -0.3 is 42.9 Å². The third-order valence-electron chi connectivity index (χ3n) is 13.4. The Hall–Kier alpha value is -5.18. The van der Waals surface area contributed by atoms with Gasteiger partial charge in [-0.05, 0) is 68.6 Å². The molecule has 3 aromatic carbocycles. The van der Waals surface area contributed by atoms with E-state index < -0.39 is 40.9 Å². The molecule has 1 spiro atoms. The summed E-state index contributed by atoms with van der Waals surface area (Å²) in [6.07, 6.45) is 1.24. The highest BCUT2D eigenvalue weighted by Crippen LogP contribution is 2.64. The summed E-state index contributed by atoms with van der Waals surface area (Å²) >= 11 is 1.57. The van der Waals surface area contributed by atoms with Crippen LogP contribution in [0.1, 0.15) is 68.9 Å². The highest BCUT2D eigenvalue weighted by molar-refractivity contribution is 7.99. The number of benzene rings is 3. The first kappa shape index (κ1) is 39.0. The number of nitriles is 1. The first-order chi connectivity index (χ1) is 29.1. The topological polar surface area (TPSA) is 166 Å². The average Bonchev–Trinajstić information content (AvgIpc) is 3.88. The summed E-state index contributed by atoms with van der Waals surface area (Å²) in [5.74, 6) is 2.57. The number of fused-ring (bicyclic) bond motifs is 11. The molecule has 7 aliphatic rings. The van der Waals surface area contributed by atoms with Crippen molar-refractivity contribution in [3.05, 3.63) is 68.9 Å². The Morgan fingerprint density at radius 3 is 2.62 bits per heavy atom. The minimum absolute atomic E-state index is 0.00687. The van der Waals surface area contributed by atoms with Crippen LogP contribution in [0.4, 0.5) is 0 Å². The van der Waals surface area contributed by atoms with Gasteiger partial charge in [-0.1, -0.05) is 6.07 Å². The molecule has 2 fully saturated rings. The van der Waals surface area contributed by atoms with E-state index >= 15 is 4.79 Å². The van der Waals surface area contributed by atoms with Gasteiger partial charge in [0.15, 0.2) is 35.3 Å². The number of rotatable bonds is 6. The van der Waals surface area contributed by atoms with Crippen molar-refractivity contribution < 1.29 is 47.5 Å². The largest absolute Gasteiger partial charge is 0.497 e. The first-order valence-corrected chi connectivity index (χ1v) is 21.2. The maximum atomic E-state index is 15.0. The molecule has 4 aromatic rings. The summed E-state index contributed by atoms with van der Waals surface area (Å²) in [4.78, 5) is 36.3. The van der Waals surface area contributed by atoms with Gasteiger partial charge in [-0.25, -0.2) is 4.79 Å². The maximum Gasteiger partial charge on any atom is 0.333 e. The van der Waals surface area contributed by atoms with Gasteiger partial charge in [0.05, 0.1) is 43.3 Å². The minimum atomic E-state index is -1.28. The second-order valence-corrected chi connectivity index (χ2v) is 17.5.